The molecule has 2 aromatic rings. The topological polar surface area (TPSA) is 61.2 Å². The smallest absolute Gasteiger partial charge is 0.348 e. The van der Waals surface area contributed by atoms with E-state index in [0.29, 0.717) is 27.3 Å². The zero-order valence-corrected chi connectivity index (χ0v) is 13.1. The molecule has 0 aliphatic rings. The fraction of sp³-hybridized carbons (Fsp3) is 0.500. The fourth-order valence-corrected chi connectivity index (χ4v) is 3.03. The summed E-state index contributed by atoms with van der Waals surface area (Å²) in [4.78, 5) is 29.8. The molecule has 0 fully saturated rings. The molecule has 0 amide bonds. The van der Waals surface area contributed by atoms with Crippen molar-refractivity contribution < 1.29 is 9.53 Å². The van der Waals surface area contributed by atoms with Crippen LogP contribution in [0.4, 0.5) is 0 Å². The molecule has 0 aromatic carbocycles. The van der Waals surface area contributed by atoms with E-state index in [9.17, 15) is 9.59 Å². The van der Waals surface area contributed by atoms with Gasteiger partial charge in [0.25, 0.3) is 5.56 Å². The zero-order chi connectivity index (χ0) is 15.1. The van der Waals surface area contributed by atoms with Crippen molar-refractivity contribution in [3.63, 3.8) is 0 Å². The first-order chi connectivity index (χ1) is 9.27. The molecule has 0 unspecified atom stereocenters. The van der Waals surface area contributed by atoms with Crippen LogP contribution < -0.4 is 5.56 Å². The first kappa shape index (κ1) is 14.7. The molecule has 2 rings (SSSR count). The summed E-state index contributed by atoms with van der Waals surface area (Å²) in [6.45, 7) is 9.65. The molecule has 20 heavy (non-hydrogen) atoms. The maximum atomic E-state index is 12.6. The van der Waals surface area contributed by atoms with Crippen LogP contribution >= 0.6 is 11.3 Å². The van der Waals surface area contributed by atoms with E-state index in [-0.39, 0.29) is 11.1 Å². The van der Waals surface area contributed by atoms with Gasteiger partial charge in [0.05, 0.1) is 18.3 Å². The quantitative estimate of drug-likeness (QED) is 0.799. The SMILES string of the molecule is CCOC(=O)c1sc2ncn(C(C)(C)C)c(=O)c2c1C. The lowest BCUT2D eigenvalue weighted by Gasteiger charge is -2.21. The molecule has 0 aliphatic heterocycles. The van der Waals surface area contributed by atoms with Gasteiger partial charge in [0.2, 0.25) is 0 Å². The third kappa shape index (κ3) is 2.35. The van der Waals surface area contributed by atoms with Gasteiger partial charge < -0.3 is 4.74 Å². The Morgan fingerprint density at radius 3 is 2.65 bits per heavy atom. The summed E-state index contributed by atoms with van der Waals surface area (Å²) in [5.41, 5.74) is 0.183. The summed E-state index contributed by atoms with van der Waals surface area (Å²) >= 11 is 1.21. The van der Waals surface area contributed by atoms with Crippen molar-refractivity contribution in [2.75, 3.05) is 6.61 Å². The van der Waals surface area contributed by atoms with E-state index in [1.54, 1.807) is 18.4 Å². The molecule has 0 atom stereocenters. The van der Waals surface area contributed by atoms with E-state index in [2.05, 4.69) is 4.98 Å². The van der Waals surface area contributed by atoms with Crippen LogP contribution in [0.3, 0.4) is 0 Å². The number of esters is 1. The number of fused-ring (bicyclic) bond motifs is 1. The second kappa shape index (κ2) is 5.01. The molecule has 0 N–H and O–H groups in total. The van der Waals surface area contributed by atoms with Crippen LogP contribution in [0.1, 0.15) is 42.9 Å². The average Bonchev–Trinajstić information content (AvgIpc) is 2.66. The molecule has 0 radical (unpaired) electrons. The maximum absolute atomic E-state index is 12.6. The number of aryl methyl sites for hydroxylation is 1. The Morgan fingerprint density at radius 1 is 1.45 bits per heavy atom. The van der Waals surface area contributed by atoms with E-state index in [1.165, 1.54) is 17.7 Å². The number of carbonyl (C=O) groups excluding carboxylic acids is 1. The Bertz CT molecular complexity index is 722. The number of thiophene rings is 1. The number of aromatic nitrogens is 2. The molecule has 2 aromatic heterocycles. The molecule has 0 saturated heterocycles. The first-order valence-electron chi connectivity index (χ1n) is 6.45. The minimum absolute atomic E-state index is 0.119. The molecule has 0 spiro atoms. The fourth-order valence-electron chi connectivity index (χ4n) is 1.99. The van der Waals surface area contributed by atoms with Gasteiger partial charge in [0.1, 0.15) is 9.71 Å². The van der Waals surface area contributed by atoms with Gasteiger partial charge in [-0.3, -0.25) is 9.36 Å². The highest BCUT2D eigenvalue weighted by molar-refractivity contribution is 7.20. The van der Waals surface area contributed by atoms with Crippen LogP contribution in [0.5, 0.6) is 0 Å². The molecule has 108 valence electrons. The van der Waals surface area contributed by atoms with Crippen molar-refractivity contribution in [2.45, 2.75) is 40.2 Å². The Hall–Kier alpha value is -1.69. The zero-order valence-electron chi connectivity index (χ0n) is 12.3. The number of hydrogen-bond donors (Lipinski definition) is 0. The molecule has 2 heterocycles. The highest BCUT2D eigenvalue weighted by atomic mass is 32.1. The van der Waals surface area contributed by atoms with Crippen LogP contribution in [0.15, 0.2) is 11.1 Å². The Kier molecular flexibility index (Phi) is 3.69. The highest BCUT2D eigenvalue weighted by Crippen LogP contribution is 2.28. The number of carbonyl (C=O) groups is 1. The normalized spacial score (nSPS) is 11.8. The van der Waals surface area contributed by atoms with E-state index < -0.39 is 5.97 Å². The lowest BCUT2D eigenvalue weighted by Crippen LogP contribution is -2.33. The minimum atomic E-state index is -0.394. The van der Waals surface area contributed by atoms with Crippen LogP contribution in [0.25, 0.3) is 10.2 Å². The average molecular weight is 294 g/mol. The van der Waals surface area contributed by atoms with Gasteiger partial charge >= 0.3 is 5.97 Å². The van der Waals surface area contributed by atoms with E-state index in [0.717, 1.165) is 0 Å². The lowest BCUT2D eigenvalue weighted by atomic mass is 10.1. The third-order valence-electron chi connectivity index (χ3n) is 3.03. The molecule has 0 saturated carbocycles. The Morgan fingerprint density at radius 2 is 2.10 bits per heavy atom. The van der Waals surface area contributed by atoms with Crippen molar-refractivity contribution in [3.8, 4) is 0 Å². The van der Waals surface area contributed by atoms with Gasteiger partial charge in [0, 0.05) is 5.54 Å². The van der Waals surface area contributed by atoms with Gasteiger partial charge in [-0.2, -0.15) is 0 Å². The van der Waals surface area contributed by atoms with Gasteiger partial charge in [-0.05, 0) is 40.2 Å². The summed E-state index contributed by atoms with van der Waals surface area (Å²) in [7, 11) is 0. The maximum Gasteiger partial charge on any atom is 0.348 e. The molecule has 6 heteroatoms. The van der Waals surface area contributed by atoms with E-state index >= 15 is 0 Å². The molecular formula is C14H18N2O3S. The van der Waals surface area contributed by atoms with E-state index in [4.69, 9.17) is 4.74 Å². The lowest BCUT2D eigenvalue weighted by molar-refractivity contribution is 0.0531. The molecular weight excluding hydrogens is 276 g/mol. The second-order valence-electron chi connectivity index (χ2n) is 5.55. The first-order valence-corrected chi connectivity index (χ1v) is 7.27. The summed E-state index contributed by atoms with van der Waals surface area (Å²) in [6, 6.07) is 0. The van der Waals surface area contributed by atoms with Gasteiger partial charge in [0.15, 0.2) is 0 Å². The Labute approximate surface area is 121 Å². The van der Waals surface area contributed by atoms with Crippen LogP contribution in [-0.2, 0) is 10.3 Å². The predicted octanol–water partition coefficient (Wildman–Crippen LogP) is 2.70. The Balaban J connectivity index is 2.71. The van der Waals surface area contributed by atoms with Crippen molar-refractivity contribution in [3.05, 3.63) is 27.1 Å². The van der Waals surface area contributed by atoms with Gasteiger partial charge in [-0.15, -0.1) is 11.3 Å². The minimum Gasteiger partial charge on any atom is -0.462 e. The molecule has 0 bridgehead atoms. The summed E-state index contributed by atoms with van der Waals surface area (Å²) in [5.74, 6) is -0.394. The number of hydrogen-bond acceptors (Lipinski definition) is 5. The van der Waals surface area contributed by atoms with Crippen molar-refractivity contribution in [1.29, 1.82) is 0 Å². The number of ether oxygens (including phenoxy) is 1. The van der Waals surface area contributed by atoms with Crippen LogP contribution in [-0.4, -0.2) is 22.1 Å². The standard InChI is InChI=1S/C14H18N2O3S/c1-6-19-13(18)10-8(2)9-11(20-10)15-7-16(12(9)17)14(3,4)5/h7H,6H2,1-5H3. The molecule has 5 nitrogen and oxygen atoms in total. The summed E-state index contributed by atoms with van der Waals surface area (Å²) < 4.78 is 6.60. The summed E-state index contributed by atoms with van der Waals surface area (Å²) in [6.07, 6.45) is 1.54. The van der Waals surface area contributed by atoms with Crippen molar-refractivity contribution >= 4 is 27.5 Å². The monoisotopic (exact) mass is 294 g/mol. The molecule has 0 aliphatic carbocycles. The highest BCUT2D eigenvalue weighted by Gasteiger charge is 2.23. The van der Waals surface area contributed by atoms with Crippen LogP contribution in [0.2, 0.25) is 0 Å². The van der Waals surface area contributed by atoms with Gasteiger partial charge in [-0.1, -0.05) is 0 Å². The van der Waals surface area contributed by atoms with Crippen LogP contribution in [0, 0.1) is 6.92 Å². The number of rotatable bonds is 2. The van der Waals surface area contributed by atoms with Crippen molar-refractivity contribution in [2.24, 2.45) is 0 Å². The number of nitrogens with zero attached hydrogens (tertiary/aromatic N) is 2. The second-order valence-corrected chi connectivity index (χ2v) is 6.55. The van der Waals surface area contributed by atoms with Gasteiger partial charge in [-0.25, -0.2) is 9.78 Å². The predicted molar refractivity (Wildman–Crippen MR) is 79.6 cm³/mol. The largest absolute Gasteiger partial charge is 0.462 e. The third-order valence-corrected chi connectivity index (χ3v) is 4.21. The van der Waals surface area contributed by atoms with E-state index in [1.807, 2.05) is 20.8 Å². The summed E-state index contributed by atoms with van der Waals surface area (Å²) in [5, 5.41) is 0.510. The van der Waals surface area contributed by atoms with Crippen molar-refractivity contribution in [1.82, 2.24) is 9.55 Å².